The van der Waals surface area contributed by atoms with Crippen LogP contribution in [0.1, 0.15) is 27.9 Å². The molecular formula is C16H12F2O. The van der Waals surface area contributed by atoms with Crippen LogP contribution in [0, 0.1) is 18.6 Å². The predicted octanol–water partition coefficient (Wildman–Crippen LogP) is 4.07. The lowest BCUT2D eigenvalue weighted by Crippen LogP contribution is -1.95. The number of Topliss-reactive ketones (excluding diaryl/α,β-unsaturated/α-hetero) is 1. The number of ketones is 1. The van der Waals surface area contributed by atoms with Crippen molar-refractivity contribution in [1.82, 2.24) is 0 Å². The van der Waals surface area contributed by atoms with Crippen LogP contribution >= 0.6 is 0 Å². The van der Waals surface area contributed by atoms with E-state index in [1.54, 1.807) is 25.1 Å². The number of benzene rings is 2. The first-order valence-corrected chi connectivity index (χ1v) is 6.19. The number of halogens is 2. The monoisotopic (exact) mass is 258 g/mol. The van der Waals surface area contributed by atoms with Gasteiger partial charge in [-0.25, -0.2) is 8.78 Å². The molecular weight excluding hydrogens is 246 g/mol. The van der Waals surface area contributed by atoms with E-state index in [0.29, 0.717) is 35.1 Å². The number of fused-ring (bicyclic) bond motifs is 1. The van der Waals surface area contributed by atoms with Crippen molar-refractivity contribution in [3.63, 3.8) is 0 Å². The molecule has 0 radical (unpaired) electrons. The number of hydrogen-bond acceptors (Lipinski definition) is 1. The van der Waals surface area contributed by atoms with Crippen molar-refractivity contribution >= 4 is 5.78 Å². The Balaban J connectivity index is 2.24. The smallest absolute Gasteiger partial charge is 0.163 e. The third-order valence-corrected chi connectivity index (χ3v) is 3.62. The third kappa shape index (κ3) is 1.86. The fourth-order valence-corrected chi connectivity index (χ4v) is 2.61. The van der Waals surface area contributed by atoms with Gasteiger partial charge >= 0.3 is 0 Å². The number of rotatable bonds is 1. The minimum Gasteiger partial charge on any atom is -0.294 e. The lowest BCUT2D eigenvalue weighted by Gasteiger charge is -2.10. The molecule has 1 aliphatic rings. The second-order valence-electron chi connectivity index (χ2n) is 4.84. The van der Waals surface area contributed by atoms with Gasteiger partial charge in [0.05, 0.1) is 0 Å². The van der Waals surface area contributed by atoms with Crippen LogP contribution in [0.25, 0.3) is 11.1 Å². The highest BCUT2D eigenvalue weighted by Gasteiger charge is 2.23. The van der Waals surface area contributed by atoms with Gasteiger partial charge in [0, 0.05) is 23.6 Å². The number of carbonyl (C=O) groups excluding carboxylic acids is 1. The van der Waals surface area contributed by atoms with Crippen molar-refractivity contribution in [1.29, 1.82) is 0 Å². The molecule has 1 nitrogen and oxygen atoms in total. The van der Waals surface area contributed by atoms with Crippen LogP contribution in [0.2, 0.25) is 0 Å². The highest BCUT2D eigenvalue weighted by Crippen LogP contribution is 2.34. The molecule has 0 atom stereocenters. The van der Waals surface area contributed by atoms with Gasteiger partial charge < -0.3 is 0 Å². The molecule has 0 saturated carbocycles. The fraction of sp³-hybridized carbons (Fsp3) is 0.188. The van der Waals surface area contributed by atoms with E-state index in [4.69, 9.17) is 0 Å². The Morgan fingerprint density at radius 2 is 1.68 bits per heavy atom. The summed E-state index contributed by atoms with van der Waals surface area (Å²) in [7, 11) is 0. The van der Waals surface area contributed by atoms with E-state index in [1.807, 2.05) is 0 Å². The molecule has 0 aromatic heterocycles. The van der Waals surface area contributed by atoms with Crippen LogP contribution in [0.15, 0.2) is 30.3 Å². The van der Waals surface area contributed by atoms with Crippen LogP contribution in [-0.2, 0) is 6.42 Å². The normalized spacial score (nSPS) is 13.7. The lowest BCUT2D eigenvalue weighted by atomic mass is 9.95. The second-order valence-corrected chi connectivity index (χ2v) is 4.84. The van der Waals surface area contributed by atoms with Crippen LogP contribution in [0.5, 0.6) is 0 Å². The predicted molar refractivity (Wildman–Crippen MR) is 69.2 cm³/mol. The summed E-state index contributed by atoms with van der Waals surface area (Å²) >= 11 is 0. The summed E-state index contributed by atoms with van der Waals surface area (Å²) in [5.41, 5.74) is 3.00. The summed E-state index contributed by atoms with van der Waals surface area (Å²) in [6.45, 7) is 1.60. The molecule has 0 fully saturated rings. The van der Waals surface area contributed by atoms with Crippen molar-refractivity contribution in [2.45, 2.75) is 19.8 Å². The van der Waals surface area contributed by atoms with Gasteiger partial charge in [0.15, 0.2) is 5.78 Å². The molecule has 0 aliphatic heterocycles. The highest BCUT2D eigenvalue weighted by atomic mass is 19.1. The van der Waals surface area contributed by atoms with Gasteiger partial charge in [0.25, 0.3) is 0 Å². The minimum absolute atomic E-state index is 0.0936. The van der Waals surface area contributed by atoms with Crippen LogP contribution < -0.4 is 0 Å². The first-order chi connectivity index (χ1) is 9.08. The van der Waals surface area contributed by atoms with Gasteiger partial charge in [-0.2, -0.15) is 0 Å². The van der Waals surface area contributed by atoms with Crippen molar-refractivity contribution in [2.24, 2.45) is 0 Å². The van der Waals surface area contributed by atoms with Gasteiger partial charge in [0.2, 0.25) is 0 Å². The van der Waals surface area contributed by atoms with Crippen molar-refractivity contribution < 1.29 is 13.6 Å². The largest absolute Gasteiger partial charge is 0.294 e. The first kappa shape index (κ1) is 12.0. The SMILES string of the molecule is Cc1cc(-c2cccc3c2CCC3=O)c(F)cc1F. The molecule has 0 bridgehead atoms. The Kier molecular flexibility index (Phi) is 2.70. The molecule has 1 aliphatic carbocycles. The Morgan fingerprint density at radius 3 is 2.47 bits per heavy atom. The highest BCUT2D eigenvalue weighted by molar-refractivity contribution is 6.02. The maximum Gasteiger partial charge on any atom is 0.163 e. The van der Waals surface area contributed by atoms with Crippen LogP contribution in [0.3, 0.4) is 0 Å². The molecule has 0 heterocycles. The van der Waals surface area contributed by atoms with Crippen molar-refractivity contribution in [3.8, 4) is 11.1 Å². The van der Waals surface area contributed by atoms with Crippen LogP contribution in [0.4, 0.5) is 8.78 Å². The summed E-state index contributed by atoms with van der Waals surface area (Å²) in [6.07, 6.45) is 1.09. The van der Waals surface area contributed by atoms with E-state index in [9.17, 15) is 13.6 Å². The number of hydrogen-bond donors (Lipinski definition) is 0. The van der Waals surface area contributed by atoms with Crippen molar-refractivity contribution in [2.75, 3.05) is 0 Å². The topological polar surface area (TPSA) is 17.1 Å². The van der Waals surface area contributed by atoms with E-state index in [2.05, 4.69) is 0 Å². The van der Waals surface area contributed by atoms with E-state index in [-0.39, 0.29) is 5.78 Å². The summed E-state index contributed by atoms with van der Waals surface area (Å²) in [5, 5.41) is 0. The van der Waals surface area contributed by atoms with Gasteiger partial charge in [0.1, 0.15) is 11.6 Å². The summed E-state index contributed by atoms with van der Waals surface area (Å²) in [5.74, 6) is -1.04. The molecule has 19 heavy (non-hydrogen) atoms. The average Bonchev–Trinajstić information content (AvgIpc) is 2.76. The van der Waals surface area contributed by atoms with Gasteiger partial charge in [-0.05, 0) is 36.1 Å². The Hall–Kier alpha value is -2.03. The van der Waals surface area contributed by atoms with E-state index in [1.165, 1.54) is 6.07 Å². The van der Waals surface area contributed by atoms with Crippen LogP contribution in [-0.4, -0.2) is 5.78 Å². The second kappa shape index (κ2) is 4.26. The first-order valence-electron chi connectivity index (χ1n) is 6.19. The summed E-state index contributed by atoms with van der Waals surface area (Å²) in [6, 6.07) is 7.70. The summed E-state index contributed by atoms with van der Waals surface area (Å²) < 4.78 is 27.3. The molecule has 96 valence electrons. The molecule has 3 rings (SSSR count). The number of carbonyl (C=O) groups is 1. The minimum atomic E-state index is -0.587. The third-order valence-electron chi connectivity index (χ3n) is 3.62. The molecule has 3 heteroatoms. The van der Waals surface area contributed by atoms with Crippen molar-refractivity contribution in [3.05, 3.63) is 58.7 Å². The summed E-state index contributed by atoms with van der Waals surface area (Å²) in [4.78, 5) is 11.7. The maximum absolute atomic E-state index is 14.0. The van der Waals surface area contributed by atoms with Gasteiger partial charge in [-0.1, -0.05) is 18.2 Å². The van der Waals surface area contributed by atoms with E-state index < -0.39 is 11.6 Å². The molecule has 0 amide bonds. The zero-order valence-electron chi connectivity index (χ0n) is 10.5. The fourth-order valence-electron chi connectivity index (χ4n) is 2.61. The van der Waals surface area contributed by atoms with Gasteiger partial charge in [-0.3, -0.25) is 4.79 Å². The zero-order valence-corrected chi connectivity index (χ0v) is 10.5. The quantitative estimate of drug-likeness (QED) is 0.753. The molecule has 0 spiro atoms. The molecule has 0 unspecified atom stereocenters. The molecule has 2 aromatic carbocycles. The Labute approximate surface area is 109 Å². The van der Waals surface area contributed by atoms with E-state index >= 15 is 0 Å². The molecule has 0 N–H and O–H groups in total. The average molecular weight is 258 g/mol. The van der Waals surface area contributed by atoms with E-state index in [0.717, 1.165) is 11.6 Å². The van der Waals surface area contributed by atoms with Gasteiger partial charge in [-0.15, -0.1) is 0 Å². The Morgan fingerprint density at radius 1 is 0.947 bits per heavy atom. The lowest BCUT2D eigenvalue weighted by molar-refractivity contribution is 0.0994. The zero-order chi connectivity index (χ0) is 13.6. The molecule has 0 saturated heterocycles. The maximum atomic E-state index is 14.0. The Bertz CT molecular complexity index is 689. The number of aryl methyl sites for hydroxylation is 1. The standard InChI is InChI=1S/C16H12F2O/c1-9-7-13(15(18)8-14(9)17)10-3-2-4-12-11(10)5-6-16(12)19/h2-4,7-8H,5-6H2,1H3. The molecule has 2 aromatic rings.